The first-order valence-electron chi connectivity index (χ1n) is 8.38. The Balaban J connectivity index is 0.00000243. The first kappa shape index (κ1) is 21.3. The molecule has 0 spiro atoms. The normalized spacial score (nSPS) is 19.0. The summed E-state index contributed by atoms with van der Waals surface area (Å²) in [6.45, 7) is 2.78. The van der Waals surface area contributed by atoms with Gasteiger partial charge in [0.05, 0.1) is 9.79 Å². The van der Waals surface area contributed by atoms with Crippen molar-refractivity contribution in [3.05, 3.63) is 35.9 Å². The summed E-state index contributed by atoms with van der Waals surface area (Å²) in [7, 11) is -7.40. The molecular weight excluding hydrogens is 398 g/mol. The zero-order valence-electron chi connectivity index (χ0n) is 14.3. The minimum absolute atomic E-state index is 0. The standard InChI is InChI=1S/C16H23N3O4S2.ClH/c20-24(21,18-13-14-6-8-17-9-7-14)15-4-3-5-16(12-15)25(22,23)19-10-1-2-11-19;/h3-6,12,17-18H,1-2,7-11,13H2;1H. The molecule has 0 radical (unpaired) electrons. The average Bonchev–Trinajstić information content (AvgIpc) is 3.17. The third kappa shape index (κ3) is 4.85. The Morgan fingerprint density at radius 1 is 1.08 bits per heavy atom. The molecule has 1 fully saturated rings. The molecule has 1 aromatic rings. The number of benzene rings is 1. The Kier molecular flexibility index (Phi) is 7.23. The van der Waals surface area contributed by atoms with Gasteiger partial charge in [-0.3, -0.25) is 0 Å². The maximum atomic E-state index is 12.6. The van der Waals surface area contributed by atoms with Crippen molar-refractivity contribution in [1.82, 2.24) is 14.3 Å². The lowest BCUT2D eigenvalue weighted by atomic mass is 10.1. The van der Waals surface area contributed by atoms with Crippen LogP contribution in [-0.4, -0.2) is 53.9 Å². The van der Waals surface area contributed by atoms with Crippen molar-refractivity contribution in [3.8, 4) is 0 Å². The van der Waals surface area contributed by atoms with E-state index in [0.29, 0.717) is 13.1 Å². The van der Waals surface area contributed by atoms with Crippen molar-refractivity contribution in [1.29, 1.82) is 0 Å². The number of halogens is 1. The molecule has 2 N–H and O–H groups in total. The highest BCUT2D eigenvalue weighted by atomic mass is 35.5. The van der Waals surface area contributed by atoms with E-state index in [4.69, 9.17) is 0 Å². The number of nitrogens with zero attached hydrogens (tertiary/aromatic N) is 1. The van der Waals surface area contributed by atoms with Crippen LogP contribution in [0.2, 0.25) is 0 Å². The van der Waals surface area contributed by atoms with Gasteiger partial charge in [-0.2, -0.15) is 4.31 Å². The molecule has 1 aromatic carbocycles. The summed E-state index contributed by atoms with van der Waals surface area (Å²) in [5.41, 5.74) is 1.03. The molecule has 2 heterocycles. The Labute approximate surface area is 161 Å². The molecule has 0 unspecified atom stereocenters. The van der Waals surface area contributed by atoms with Crippen molar-refractivity contribution < 1.29 is 16.8 Å². The first-order chi connectivity index (χ1) is 11.9. The SMILES string of the molecule is Cl.O=S(=O)(NCC1=CCNCC1)c1cccc(S(=O)(=O)N2CCCC2)c1. The number of nitrogens with one attached hydrogen (secondary N) is 2. The first-order valence-corrected chi connectivity index (χ1v) is 11.3. The number of sulfonamides is 2. The summed E-state index contributed by atoms with van der Waals surface area (Å²) in [6, 6.07) is 5.58. The van der Waals surface area contributed by atoms with E-state index < -0.39 is 20.0 Å². The Morgan fingerprint density at radius 2 is 1.77 bits per heavy atom. The average molecular weight is 422 g/mol. The molecule has 26 heavy (non-hydrogen) atoms. The zero-order chi connectivity index (χ0) is 17.9. The molecule has 0 saturated carbocycles. The highest BCUT2D eigenvalue weighted by Gasteiger charge is 2.28. The van der Waals surface area contributed by atoms with Crippen LogP contribution in [0.25, 0.3) is 0 Å². The van der Waals surface area contributed by atoms with Crippen LogP contribution in [0.4, 0.5) is 0 Å². The molecular formula is C16H24ClN3O4S2. The second-order valence-corrected chi connectivity index (χ2v) is 9.93. The van der Waals surface area contributed by atoms with Gasteiger partial charge in [0.1, 0.15) is 0 Å². The molecule has 2 aliphatic heterocycles. The molecule has 7 nitrogen and oxygen atoms in total. The molecule has 2 aliphatic rings. The van der Waals surface area contributed by atoms with Gasteiger partial charge in [0.15, 0.2) is 0 Å². The van der Waals surface area contributed by atoms with E-state index in [9.17, 15) is 16.8 Å². The molecule has 0 amide bonds. The molecule has 0 bridgehead atoms. The molecule has 146 valence electrons. The van der Waals surface area contributed by atoms with Crippen molar-refractivity contribution in [2.75, 3.05) is 32.7 Å². The fraction of sp³-hybridized carbons (Fsp3) is 0.500. The quantitative estimate of drug-likeness (QED) is 0.670. The van der Waals surface area contributed by atoms with E-state index in [1.165, 1.54) is 28.6 Å². The van der Waals surface area contributed by atoms with Crippen LogP contribution in [-0.2, 0) is 20.0 Å². The van der Waals surface area contributed by atoms with E-state index in [2.05, 4.69) is 10.0 Å². The van der Waals surface area contributed by atoms with Crippen LogP contribution in [0, 0.1) is 0 Å². The van der Waals surface area contributed by atoms with Gasteiger partial charge in [0.2, 0.25) is 20.0 Å². The largest absolute Gasteiger partial charge is 0.313 e. The van der Waals surface area contributed by atoms with Crippen molar-refractivity contribution in [2.24, 2.45) is 0 Å². The van der Waals surface area contributed by atoms with Gasteiger partial charge in [0.25, 0.3) is 0 Å². The Hall–Kier alpha value is -0.970. The fourth-order valence-electron chi connectivity index (χ4n) is 2.98. The predicted octanol–water partition coefficient (Wildman–Crippen LogP) is 1.09. The third-order valence-electron chi connectivity index (χ3n) is 4.47. The van der Waals surface area contributed by atoms with Crippen LogP contribution in [0.5, 0.6) is 0 Å². The van der Waals surface area contributed by atoms with E-state index in [0.717, 1.165) is 37.9 Å². The predicted molar refractivity (Wildman–Crippen MR) is 102 cm³/mol. The highest BCUT2D eigenvalue weighted by Crippen LogP contribution is 2.23. The Morgan fingerprint density at radius 3 is 2.42 bits per heavy atom. The highest BCUT2D eigenvalue weighted by molar-refractivity contribution is 7.90. The van der Waals surface area contributed by atoms with Crippen molar-refractivity contribution in [3.63, 3.8) is 0 Å². The Bertz CT molecular complexity index is 863. The number of rotatable bonds is 6. The van der Waals surface area contributed by atoms with Gasteiger partial charge < -0.3 is 5.32 Å². The lowest BCUT2D eigenvalue weighted by Crippen LogP contribution is -2.30. The summed E-state index contributed by atoms with van der Waals surface area (Å²) in [4.78, 5) is 0.000614. The number of hydrogen-bond acceptors (Lipinski definition) is 5. The number of hydrogen-bond donors (Lipinski definition) is 2. The van der Waals surface area contributed by atoms with E-state index in [-0.39, 0.29) is 28.7 Å². The van der Waals surface area contributed by atoms with Gasteiger partial charge in [-0.25, -0.2) is 21.6 Å². The summed E-state index contributed by atoms with van der Waals surface area (Å²) in [5.74, 6) is 0. The van der Waals surface area contributed by atoms with Crippen LogP contribution in [0.3, 0.4) is 0 Å². The minimum atomic E-state index is -3.76. The van der Waals surface area contributed by atoms with Gasteiger partial charge >= 0.3 is 0 Å². The topological polar surface area (TPSA) is 95.6 Å². The van der Waals surface area contributed by atoms with Crippen molar-refractivity contribution >= 4 is 32.5 Å². The van der Waals surface area contributed by atoms with Crippen LogP contribution >= 0.6 is 12.4 Å². The van der Waals surface area contributed by atoms with Crippen LogP contribution in [0.15, 0.2) is 45.7 Å². The van der Waals surface area contributed by atoms with Gasteiger partial charge in [0, 0.05) is 26.2 Å². The molecule has 0 aromatic heterocycles. The van der Waals surface area contributed by atoms with Crippen LogP contribution < -0.4 is 10.0 Å². The molecule has 3 rings (SSSR count). The van der Waals surface area contributed by atoms with E-state index in [1.807, 2.05) is 6.08 Å². The molecule has 10 heteroatoms. The van der Waals surface area contributed by atoms with Crippen molar-refractivity contribution in [2.45, 2.75) is 29.1 Å². The summed E-state index contributed by atoms with van der Waals surface area (Å²) in [5, 5.41) is 3.17. The van der Waals surface area contributed by atoms with Gasteiger partial charge in [-0.05, 0) is 44.0 Å². The fourth-order valence-corrected chi connectivity index (χ4v) is 5.70. The zero-order valence-corrected chi connectivity index (χ0v) is 16.8. The maximum absolute atomic E-state index is 12.6. The molecule has 0 atom stereocenters. The molecule has 1 saturated heterocycles. The second-order valence-electron chi connectivity index (χ2n) is 6.23. The smallest absolute Gasteiger partial charge is 0.243 e. The third-order valence-corrected chi connectivity index (χ3v) is 7.76. The van der Waals surface area contributed by atoms with Gasteiger partial charge in [-0.15, -0.1) is 12.4 Å². The van der Waals surface area contributed by atoms with Gasteiger partial charge in [-0.1, -0.05) is 17.7 Å². The summed E-state index contributed by atoms with van der Waals surface area (Å²) < 4.78 is 54.2. The summed E-state index contributed by atoms with van der Waals surface area (Å²) in [6.07, 6.45) is 4.44. The van der Waals surface area contributed by atoms with Crippen LogP contribution in [0.1, 0.15) is 19.3 Å². The summed E-state index contributed by atoms with van der Waals surface area (Å²) >= 11 is 0. The maximum Gasteiger partial charge on any atom is 0.243 e. The lowest BCUT2D eigenvalue weighted by molar-refractivity contribution is 0.477. The monoisotopic (exact) mass is 421 g/mol. The van der Waals surface area contributed by atoms with E-state index in [1.54, 1.807) is 0 Å². The molecule has 0 aliphatic carbocycles. The van der Waals surface area contributed by atoms with E-state index >= 15 is 0 Å². The minimum Gasteiger partial charge on any atom is -0.313 e. The second kappa shape index (κ2) is 8.81. The lowest BCUT2D eigenvalue weighted by Gasteiger charge is -2.17.